The lowest BCUT2D eigenvalue weighted by molar-refractivity contribution is -0.137. The lowest BCUT2D eigenvalue weighted by atomic mass is 9.78. The third-order valence-corrected chi connectivity index (χ3v) is 7.03. The molecule has 1 aliphatic rings. The van der Waals surface area contributed by atoms with Crippen molar-refractivity contribution in [1.82, 2.24) is 5.01 Å². The van der Waals surface area contributed by atoms with Crippen LogP contribution in [0.5, 0.6) is 0 Å². The van der Waals surface area contributed by atoms with Gasteiger partial charge in [0.2, 0.25) is 5.91 Å². The maximum atomic E-state index is 13.2. The van der Waals surface area contributed by atoms with Gasteiger partial charge in [-0.25, -0.2) is 4.79 Å². The smallest absolute Gasteiger partial charge is 0.417 e. The number of ether oxygens (including phenoxy) is 1. The molecular weight excluding hydrogens is 539 g/mol. The van der Waals surface area contributed by atoms with Crippen molar-refractivity contribution in [3.05, 3.63) is 64.2 Å². The maximum Gasteiger partial charge on any atom is 0.417 e. The van der Waals surface area contributed by atoms with Crippen LogP contribution in [-0.2, 0) is 15.7 Å². The molecule has 0 saturated carbocycles. The van der Waals surface area contributed by atoms with Crippen molar-refractivity contribution in [3.8, 4) is 0 Å². The molecule has 38 heavy (non-hydrogen) atoms. The highest BCUT2D eigenvalue weighted by atomic mass is 35.5. The predicted molar refractivity (Wildman–Crippen MR) is 146 cm³/mol. The van der Waals surface area contributed by atoms with E-state index in [2.05, 4.69) is 10.4 Å². The summed E-state index contributed by atoms with van der Waals surface area (Å²) in [7, 11) is 0. The van der Waals surface area contributed by atoms with Gasteiger partial charge in [0.15, 0.2) is 0 Å². The molecular formula is C27H31ClF3N3O3S. The zero-order valence-corrected chi connectivity index (χ0v) is 23.3. The maximum absolute atomic E-state index is 13.2. The van der Waals surface area contributed by atoms with Crippen LogP contribution in [-0.4, -0.2) is 53.8 Å². The molecule has 1 unspecified atom stereocenters. The Morgan fingerprint density at radius 1 is 1.24 bits per heavy atom. The fourth-order valence-corrected chi connectivity index (χ4v) is 5.06. The zero-order chi connectivity index (χ0) is 28.1. The number of halogens is 4. The van der Waals surface area contributed by atoms with Gasteiger partial charge in [0.1, 0.15) is 6.54 Å². The highest BCUT2D eigenvalue weighted by Gasteiger charge is 2.40. The van der Waals surface area contributed by atoms with Gasteiger partial charge in [0, 0.05) is 17.6 Å². The SMILES string of the molecule is CSCCCC1(C)CN(CC(=O)Nc2cccc(C(=O)OC(C)C)c2)N=C1c1ccc(C(F)(F)F)c(Cl)c1. The van der Waals surface area contributed by atoms with Crippen LogP contribution in [0.25, 0.3) is 0 Å². The Morgan fingerprint density at radius 3 is 2.61 bits per heavy atom. The van der Waals surface area contributed by atoms with Crippen LogP contribution in [0.4, 0.5) is 18.9 Å². The number of carbonyl (C=O) groups is 2. The minimum Gasteiger partial charge on any atom is -0.459 e. The molecule has 0 bridgehead atoms. The number of carbonyl (C=O) groups excluding carboxylic acids is 2. The van der Waals surface area contributed by atoms with E-state index in [4.69, 9.17) is 16.3 Å². The molecule has 1 N–H and O–H groups in total. The highest BCUT2D eigenvalue weighted by Crippen LogP contribution is 2.39. The average Bonchev–Trinajstić information content (AvgIpc) is 3.13. The number of hydrogen-bond acceptors (Lipinski definition) is 6. The summed E-state index contributed by atoms with van der Waals surface area (Å²) < 4.78 is 44.9. The number of benzene rings is 2. The normalized spacial score (nSPS) is 17.5. The Kier molecular flexibility index (Phi) is 9.75. The van der Waals surface area contributed by atoms with E-state index in [1.807, 2.05) is 13.2 Å². The molecule has 6 nitrogen and oxygen atoms in total. The molecule has 0 fully saturated rings. The van der Waals surface area contributed by atoms with Crippen LogP contribution in [0.3, 0.4) is 0 Å². The number of esters is 1. The fraction of sp³-hybridized carbons (Fsp3) is 0.444. The van der Waals surface area contributed by atoms with Crippen LogP contribution < -0.4 is 5.32 Å². The van der Waals surface area contributed by atoms with Crippen LogP contribution >= 0.6 is 23.4 Å². The third-order valence-electron chi connectivity index (χ3n) is 6.02. The molecule has 1 atom stereocenters. The molecule has 2 aromatic carbocycles. The Bertz CT molecular complexity index is 1210. The summed E-state index contributed by atoms with van der Waals surface area (Å²) in [6.45, 7) is 5.85. The Labute approximate surface area is 229 Å². The Hall–Kier alpha value is -2.72. The van der Waals surface area contributed by atoms with Gasteiger partial charge in [0.25, 0.3) is 0 Å². The summed E-state index contributed by atoms with van der Waals surface area (Å²) in [6.07, 6.45) is -1.20. The van der Waals surface area contributed by atoms with Gasteiger partial charge in [0.05, 0.1) is 28.0 Å². The number of anilines is 1. The first-order chi connectivity index (χ1) is 17.8. The van der Waals surface area contributed by atoms with E-state index >= 15 is 0 Å². The second-order valence-corrected chi connectivity index (χ2v) is 11.1. The first-order valence-corrected chi connectivity index (χ1v) is 13.9. The summed E-state index contributed by atoms with van der Waals surface area (Å²) in [5.74, 6) is 0.0922. The first kappa shape index (κ1) is 29.8. The van der Waals surface area contributed by atoms with E-state index < -0.39 is 28.1 Å². The van der Waals surface area contributed by atoms with E-state index in [1.165, 1.54) is 18.2 Å². The van der Waals surface area contributed by atoms with Crippen LogP contribution in [0.15, 0.2) is 47.6 Å². The van der Waals surface area contributed by atoms with Crippen molar-refractivity contribution >= 4 is 46.6 Å². The fourth-order valence-electron chi connectivity index (χ4n) is 4.34. The summed E-state index contributed by atoms with van der Waals surface area (Å²) in [4.78, 5) is 25.1. The van der Waals surface area contributed by atoms with Gasteiger partial charge >= 0.3 is 12.1 Å². The van der Waals surface area contributed by atoms with Crippen molar-refractivity contribution in [2.45, 2.75) is 45.9 Å². The second kappa shape index (κ2) is 12.4. The molecule has 1 heterocycles. The second-order valence-electron chi connectivity index (χ2n) is 9.70. The molecule has 2 aromatic rings. The molecule has 3 rings (SSSR count). The van der Waals surface area contributed by atoms with Gasteiger partial charge in [-0.3, -0.25) is 9.80 Å². The number of nitrogens with one attached hydrogen (secondary N) is 1. The number of hydrogen-bond donors (Lipinski definition) is 1. The number of nitrogens with zero attached hydrogens (tertiary/aromatic N) is 2. The molecule has 1 aliphatic heterocycles. The molecule has 206 valence electrons. The van der Waals surface area contributed by atoms with Gasteiger partial charge in [-0.15, -0.1) is 0 Å². The van der Waals surface area contributed by atoms with Crippen molar-refractivity contribution in [1.29, 1.82) is 0 Å². The first-order valence-electron chi connectivity index (χ1n) is 12.1. The molecule has 0 saturated heterocycles. The zero-order valence-electron chi connectivity index (χ0n) is 21.7. The number of rotatable bonds is 10. The quantitative estimate of drug-likeness (QED) is 0.254. The molecule has 0 radical (unpaired) electrons. The van der Waals surface area contributed by atoms with E-state index in [1.54, 1.807) is 48.8 Å². The molecule has 11 heteroatoms. The van der Waals surface area contributed by atoms with Gasteiger partial charge in [-0.2, -0.15) is 30.0 Å². The number of alkyl halides is 3. The summed E-state index contributed by atoms with van der Waals surface area (Å²) >= 11 is 7.71. The van der Waals surface area contributed by atoms with Gasteiger partial charge in [-0.05, 0) is 74.6 Å². The molecule has 0 aromatic heterocycles. The average molecular weight is 570 g/mol. The highest BCUT2D eigenvalue weighted by molar-refractivity contribution is 7.98. The van der Waals surface area contributed by atoms with Gasteiger partial charge in [-0.1, -0.05) is 30.7 Å². The topological polar surface area (TPSA) is 71.0 Å². The number of thioether (sulfide) groups is 1. The van der Waals surface area contributed by atoms with Crippen LogP contribution in [0.2, 0.25) is 5.02 Å². The summed E-state index contributed by atoms with van der Waals surface area (Å²) in [5, 5.41) is 8.65. The van der Waals surface area contributed by atoms with Crippen molar-refractivity contribution in [2.75, 3.05) is 30.4 Å². The van der Waals surface area contributed by atoms with Crippen molar-refractivity contribution in [3.63, 3.8) is 0 Å². The minimum atomic E-state index is -4.55. The number of amides is 1. The summed E-state index contributed by atoms with van der Waals surface area (Å²) in [5.41, 5.74) is 0.461. The third kappa shape index (κ3) is 7.66. The van der Waals surface area contributed by atoms with E-state index in [-0.39, 0.29) is 18.6 Å². The Balaban J connectivity index is 1.79. The number of hydrazone groups is 1. The predicted octanol–water partition coefficient (Wildman–Crippen LogP) is 6.73. The molecule has 0 aliphatic carbocycles. The minimum absolute atomic E-state index is 0.0728. The summed E-state index contributed by atoms with van der Waals surface area (Å²) in [6, 6.07) is 10.1. The standard InChI is InChI=1S/C27H31ClF3N3O3S/c1-17(2)37-25(36)19-7-5-8-20(13-19)32-23(35)15-34-16-26(3,11-6-12-38-4)24(33-34)18-9-10-21(22(28)14-18)27(29,30)31/h5,7-10,13-14,17H,6,11-12,15-16H2,1-4H3,(H,32,35). The molecule has 1 amide bonds. The Morgan fingerprint density at radius 2 is 1.97 bits per heavy atom. The van der Waals surface area contributed by atoms with Crippen LogP contribution in [0, 0.1) is 5.41 Å². The largest absolute Gasteiger partial charge is 0.459 e. The van der Waals surface area contributed by atoms with E-state index in [0.717, 1.165) is 24.7 Å². The lowest BCUT2D eigenvalue weighted by Gasteiger charge is -2.27. The monoisotopic (exact) mass is 569 g/mol. The van der Waals surface area contributed by atoms with Crippen LogP contribution in [0.1, 0.15) is 55.1 Å². The van der Waals surface area contributed by atoms with Crippen molar-refractivity contribution in [2.24, 2.45) is 10.5 Å². The van der Waals surface area contributed by atoms with Crippen molar-refractivity contribution < 1.29 is 27.5 Å². The van der Waals surface area contributed by atoms with E-state index in [0.29, 0.717) is 29.1 Å². The van der Waals surface area contributed by atoms with Gasteiger partial charge < -0.3 is 10.1 Å². The van der Waals surface area contributed by atoms with E-state index in [9.17, 15) is 22.8 Å². The lowest BCUT2D eigenvalue weighted by Crippen LogP contribution is -2.35. The molecule has 0 spiro atoms.